The van der Waals surface area contributed by atoms with E-state index in [-0.39, 0.29) is 5.91 Å². The van der Waals surface area contributed by atoms with Gasteiger partial charge in [0.15, 0.2) is 10.8 Å². The molecule has 0 spiro atoms. The van der Waals surface area contributed by atoms with E-state index in [4.69, 9.17) is 8.83 Å². The maximum atomic E-state index is 11.8. The Morgan fingerprint density at radius 1 is 1.32 bits per heavy atom. The molecule has 3 rings (SSSR count). The van der Waals surface area contributed by atoms with Gasteiger partial charge in [0.1, 0.15) is 5.76 Å². The molecule has 0 saturated heterocycles. The van der Waals surface area contributed by atoms with Gasteiger partial charge in [0.2, 0.25) is 5.91 Å². The Bertz CT molecular complexity index is 771. The van der Waals surface area contributed by atoms with Crippen molar-refractivity contribution in [1.29, 1.82) is 0 Å². The fourth-order valence-electron chi connectivity index (χ4n) is 1.87. The van der Waals surface area contributed by atoms with Gasteiger partial charge >= 0.3 is 0 Å². The summed E-state index contributed by atoms with van der Waals surface area (Å²) in [6.45, 7) is 2.36. The van der Waals surface area contributed by atoms with E-state index in [9.17, 15) is 4.79 Å². The van der Waals surface area contributed by atoms with E-state index in [0.29, 0.717) is 12.3 Å². The van der Waals surface area contributed by atoms with Crippen molar-refractivity contribution in [3.8, 4) is 10.8 Å². The molecule has 112 valence electrons. The van der Waals surface area contributed by atoms with Crippen LogP contribution in [-0.4, -0.2) is 10.9 Å². The van der Waals surface area contributed by atoms with Crippen molar-refractivity contribution in [3.05, 3.63) is 59.2 Å². The molecular formula is C16H14N2O3S. The third-order valence-corrected chi connectivity index (χ3v) is 4.16. The van der Waals surface area contributed by atoms with Gasteiger partial charge in [-0.25, -0.2) is 4.98 Å². The van der Waals surface area contributed by atoms with E-state index in [1.54, 1.807) is 30.7 Å². The number of aryl methyl sites for hydroxylation is 1. The predicted octanol–water partition coefficient (Wildman–Crippen LogP) is 3.63. The fraction of sp³-hybridized carbons (Fsp3) is 0.125. The van der Waals surface area contributed by atoms with Crippen LogP contribution in [0.25, 0.3) is 16.8 Å². The van der Waals surface area contributed by atoms with Crippen LogP contribution in [0.5, 0.6) is 0 Å². The van der Waals surface area contributed by atoms with E-state index in [0.717, 1.165) is 21.3 Å². The second-order valence-electron chi connectivity index (χ2n) is 4.57. The van der Waals surface area contributed by atoms with Gasteiger partial charge in [0.05, 0.1) is 24.8 Å². The molecule has 0 unspecified atom stereocenters. The number of carbonyl (C=O) groups excluding carboxylic acids is 1. The summed E-state index contributed by atoms with van der Waals surface area (Å²) in [4.78, 5) is 17.2. The average molecular weight is 314 g/mol. The number of furan rings is 2. The standard InChI is InChI=1S/C16H14N2O3S/c1-11-14(22-16(18-11)13-5-3-9-21-13)10-17-15(19)7-6-12-4-2-8-20-12/h2-9H,10H2,1H3,(H,17,19)/b7-6+. The smallest absolute Gasteiger partial charge is 0.244 e. The summed E-state index contributed by atoms with van der Waals surface area (Å²) < 4.78 is 10.5. The zero-order valence-electron chi connectivity index (χ0n) is 11.9. The molecule has 3 aromatic heterocycles. The van der Waals surface area contributed by atoms with Crippen LogP contribution < -0.4 is 5.32 Å². The SMILES string of the molecule is Cc1nc(-c2ccco2)sc1CNC(=O)/C=C/c1ccco1. The topological polar surface area (TPSA) is 68.3 Å². The molecule has 22 heavy (non-hydrogen) atoms. The molecule has 1 amide bonds. The highest BCUT2D eigenvalue weighted by Gasteiger charge is 2.11. The summed E-state index contributed by atoms with van der Waals surface area (Å²) >= 11 is 1.51. The summed E-state index contributed by atoms with van der Waals surface area (Å²) in [5.74, 6) is 1.20. The number of nitrogens with zero attached hydrogens (tertiary/aromatic N) is 1. The van der Waals surface area contributed by atoms with Crippen molar-refractivity contribution in [2.75, 3.05) is 0 Å². The van der Waals surface area contributed by atoms with E-state index >= 15 is 0 Å². The monoisotopic (exact) mass is 314 g/mol. The molecule has 0 fully saturated rings. The lowest BCUT2D eigenvalue weighted by Gasteiger charge is -1.99. The number of aromatic nitrogens is 1. The zero-order chi connectivity index (χ0) is 15.4. The van der Waals surface area contributed by atoms with Crippen LogP contribution in [0.4, 0.5) is 0 Å². The molecular weight excluding hydrogens is 300 g/mol. The molecule has 3 aromatic rings. The summed E-state index contributed by atoms with van der Waals surface area (Å²) in [7, 11) is 0. The lowest BCUT2D eigenvalue weighted by molar-refractivity contribution is -0.116. The summed E-state index contributed by atoms with van der Waals surface area (Å²) in [6.07, 6.45) is 6.26. The molecule has 1 N–H and O–H groups in total. The number of hydrogen-bond donors (Lipinski definition) is 1. The molecule has 3 heterocycles. The number of hydrogen-bond acceptors (Lipinski definition) is 5. The van der Waals surface area contributed by atoms with Gasteiger partial charge in [-0.2, -0.15) is 0 Å². The predicted molar refractivity (Wildman–Crippen MR) is 84.1 cm³/mol. The highest BCUT2D eigenvalue weighted by molar-refractivity contribution is 7.15. The van der Waals surface area contributed by atoms with E-state index in [2.05, 4.69) is 10.3 Å². The van der Waals surface area contributed by atoms with Crippen LogP contribution in [0.1, 0.15) is 16.3 Å². The Morgan fingerprint density at radius 3 is 2.86 bits per heavy atom. The molecule has 0 aromatic carbocycles. The van der Waals surface area contributed by atoms with Crippen molar-refractivity contribution in [2.24, 2.45) is 0 Å². The Balaban J connectivity index is 1.61. The molecule has 5 nitrogen and oxygen atoms in total. The van der Waals surface area contributed by atoms with Crippen molar-refractivity contribution in [1.82, 2.24) is 10.3 Å². The second kappa shape index (κ2) is 6.44. The van der Waals surface area contributed by atoms with Gasteiger partial charge in [-0.3, -0.25) is 4.79 Å². The first-order valence-electron chi connectivity index (χ1n) is 6.72. The van der Waals surface area contributed by atoms with E-state index in [1.165, 1.54) is 17.4 Å². The number of carbonyl (C=O) groups is 1. The average Bonchev–Trinajstić information content (AvgIpc) is 3.24. The minimum atomic E-state index is -0.177. The first-order valence-corrected chi connectivity index (χ1v) is 7.53. The lowest BCUT2D eigenvalue weighted by Crippen LogP contribution is -2.20. The first-order chi connectivity index (χ1) is 10.7. The highest BCUT2D eigenvalue weighted by Crippen LogP contribution is 2.27. The van der Waals surface area contributed by atoms with Crippen molar-refractivity contribution < 1.29 is 13.6 Å². The van der Waals surface area contributed by atoms with Gasteiger partial charge in [0, 0.05) is 11.0 Å². The summed E-state index contributed by atoms with van der Waals surface area (Å²) in [5, 5.41) is 3.65. The van der Waals surface area contributed by atoms with Crippen LogP contribution in [-0.2, 0) is 11.3 Å². The molecule has 0 aliphatic heterocycles. The Kier molecular flexibility index (Phi) is 4.20. The van der Waals surface area contributed by atoms with Gasteiger partial charge in [-0.05, 0) is 37.3 Å². The lowest BCUT2D eigenvalue weighted by atomic mass is 10.3. The fourth-order valence-corrected chi connectivity index (χ4v) is 2.84. The third-order valence-electron chi connectivity index (χ3n) is 2.99. The Labute approximate surface area is 131 Å². The van der Waals surface area contributed by atoms with Gasteiger partial charge in [-0.15, -0.1) is 11.3 Å². The van der Waals surface area contributed by atoms with Gasteiger partial charge < -0.3 is 14.2 Å². The van der Waals surface area contributed by atoms with Crippen LogP contribution in [0.15, 0.2) is 51.7 Å². The molecule has 6 heteroatoms. The third kappa shape index (κ3) is 3.35. The Morgan fingerprint density at radius 2 is 2.14 bits per heavy atom. The normalized spacial score (nSPS) is 11.1. The summed E-state index contributed by atoms with van der Waals surface area (Å²) in [6, 6.07) is 7.25. The highest BCUT2D eigenvalue weighted by atomic mass is 32.1. The number of nitrogens with one attached hydrogen (secondary N) is 1. The van der Waals surface area contributed by atoms with E-state index in [1.807, 2.05) is 19.1 Å². The number of rotatable bonds is 5. The minimum absolute atomic E-state index is 0.177. The molecule has 0 atom stereocenters. The quantitative estimate of drug-likeness (QED) is 0.730. The maximum absolute atomic E-state index is 11.8. The molecule has 0 bridgehead atoms. The van der Waals surface area contributed by atoms with Crippen molar-refractivity contribution in [2.45, 2.75) is 13.5 Å². The Hall–Kier alpha value is -2.60. The molecule has 0 aliphatic carbocycles. The summed E-state index contributed by atoms with van der Waals surface area (Å²) in [5.41, 5.74) is 0.895. The zero-order valence-corrected chi connectivity index (χ0v) is 12.7. The number of amides is 1. The maximum Gasteiger partial charge on any atom is 0.244 e. The van der Waals surface area contributed by atoms with Crippen LogP contribution >= 0.6 is 11.3 Å². The van der Waals surface area contributed by atoms with Crippen LogP contribution in [0.2, 0.25) is 0 Å². The van der Waals surface area contributed by atoms with Crippen LogP contribution in [0, 0.1) is 6.92 Å². The first kappa shape index (κ1) is 14.3. The van der Waals surface area contributed by atoms with Crippen LogP contribution in [0.3, 0.4) is 0 Å². The molecule has 0 radical (unpaired) electrons. The molecule has 0 aliphatic rings. The second-order valence-corrected chi connectivity index (χ2v) is 5.66. The van der Waals surface area contributed by atoms with Gasteiger partial charge in [0.25, 0.3) is 0 Å². The largest absolute Gasteiger partial charge is 0.465 e. The van der Waals surface area contributed by atoms with Crippen molar-refractivity contribution >= 4 is 23.3 Å². The van der Waals surface area contributed by atoms with Crippen molar-refractivity contribution in [3.63, 3.8) is 0 Å². The van der Waals surface area contributed by atoms with Gasteiger partial charge in [-0.1, -0.05) is 0 Å². The molecule has 0 saturated carbocycles. The minimum Gasteiger partial charge on any atom is -0.465 e. The number of thiazole rings is 1. The van der Waals surface area contributed by atoms with E-state index < -0.39 is 0 Å².